The fourth-order valence-electron chi connectivity index (χ4n) is 2.39. The highest BCUT2D eigenvalue weighted by molar-refractivity contribution is 5.55. The third-order valence-corrected chi connectivity index (χ3v) is 3.56. The standard InChI is InChI=1S/C17H10F8N2/c18-14-3-1-2-11(15(14)19)8-27(9-16(20,21)22)12-5-4-10(7-26)13(6-12)17(23,24)25/h1-6H,8-9H2. The van der Waals surface area contributed by atoms with Crippen molar-refractivity contribution in [2.45, 2.75) is 18.9 Å². The lowest BCUT2D eigenvalue weighted by Gasteiger charge is -2.27. The molecule has 0 radical (unpaired) electrons. The van der Waals surface area contributed by atoms with E-state index in [1.807, 2.05) is 0 Å². The van der Waals surface area contributed by atoms with E-state index in [1.165, 1.54) is 6.07 Å². The first-order valence-electron chi connectivity index (χ1n) is 7.28. The maximum atomic E-state index is 13.8. The Bertz CT molecular complexity index is 865. The molecule has 2 nitrogen and oxygen atoms in total. The second-order valence-corrected chi connectivity index (χ2v) is 5.52. The first-order valence-corrected chi connectivity index (χ1v) is 7.28. The van der Waals surface area contributed by atoms with Gasteiger partial charge in [0.05, 0.1) is 17.2 Å². The van der Waals surface area contributed by atoms with Crippen molar-refractivity contribution in [3.63, 3.8) is 0 Å². The van der Waals surface area contributed by atoms with Crippen molar-refractivity contribution in [3.8, 4) is 6.07 Å². The zero-order chi connectivity index (χ0) is 20.4. The van der Waals surface area contributed by atoms with E-state index in [1.54, 1.807) is 0 Å². The smallest absolute Gasteiger partial charge is 0.358 e. The molecule has 0 heterocycles. The van der Waals surface area contributed by atoms with Crippen LogP contribution in [0.15, 0.2) is 36.4 Å². The van der Waals surface area contributed by atoms with Crippen LogP contribution in [-0.4, -0.2) is 12.7 Å². The summed E-state index contributed by atoms with van der Waals surface area (Å²) in [6, 6.07) is 6.15. The van der Waals surface area contributed by atoms with Crippen LogP contribution in [0.1, 0.15) is 16.7 Å². The van der Waals surface area contributed by atoms with E-state index in [4.69, 9.17) is 5.26 Å². The lowest BCUT2D eigenvalue weighted by atomic mass is 10.1. The molecule has 2 aromatic carbocycles. The molecule has 0 N–H and O–H groups in total. The van der Waals surface area contributed by atoms with Gasteiger partial charge in [0.25, 0.3) is 0 Å². The van der Waals surface area contributed by atoms with Crippen LogP contribution in [0.4, 0.5) is 40.8 Å². The summed E-state index contributed by atoms with van der Waals surface area (Å²) in [6.07, 6.45) is -9.80. The fourth-order valence-corrected chi connectivity index (χ4v) is 2.39. The molecule has 10 heteroatoms. The van der Waals surface area contributed by atoms with Gasteiger partial charge in [-0.1, -0.05) is 12.1 Å². The van der Waals surface area contributed by atoms with Gasteiger partial charge in [-0.25, -0.2) is 8.78 Å². The quantitative estimate of drug-likeness (QED) is 0.648. The predicted molar refractivity (Wildman–Crippen MR) is 79.6 cm³/mol. The van der Waals surface area contributed by atoms with Gasteiger partial charge >= 0.3 is 12.4 Å². The largest absolute Gasteiger partial charge is 0.417 e. The van der Waals surface area contributed by atoms with Crippen LogP contribution in [0, 0.1) is 23.0 Å². The van der Waals surface area contributed by atoms with Crippen LogP contribution >= 0.6 is 0 Å². The molecule has 0 aromatic heterocycles. The summed E-state index contributed by atoms with van der Waals surface area (Å²) in [6.45, 7) is -2.53. The summed E-state index contributed by atoms with van der Waals surface area (Å²) in [7, 11) is 0. The average Bonchev–Trinajstić information content (AvgIpc) is 2.55. The highest BCUT2D eigenvalue weighted by atomic mass is 19.4. The molecule has 27 heavy (non-hydrogen) atoms. The molecular formula is C17H10F8N2. The number of benzene rings is 2. The van der Waals surface area contributed by atoms with Gasteiger partial charge in [-0.2, -0.15) is 31.6 Å². The molecule has 0 saturated carbocycles. The second kappa shape index (κ2) is 7.42. The molecule has 2 aromatic rings. The Labute approximate surface area is 148 Å². The summed E-state index contributed by atoms with van der Waals surface area (Å²) in [5.41, 5.74) is -3.19. The van der Waals surface area contributed by atoms with E-state index in [0.29, 0.717) is 11.0 Å². The summed E-state index contributed by atoms with van der Waals surface area (Å²) in [4.78, 5) is 0.425. The third kappa shape index (κ3) is 5.09. The first kappa shape index (κ1) is 20.5. The summed E-state index contributed by atoms with van der Waals surface area (Å²) < 4.78 is 105. The third-order valence-electron chi connectivity index (χ3n) is 3.56. The number of hydrogen-bond donors (Lipinski definition) is 0. The van der Waals surface area contributed by atoms with Gasteiger partial charge < -0.3 is 4.90 Å². The Balaban J connectivity index is 2.52. The molecule has 0 amide bonds. The zero-order valence-corrected chi connectivity index (χ0v) is 13.3. The fraction of sp³-hybridized carbons (Fsp3) is 0.235. The van der Waals surface area contributed by atoms with E-state index in [2.05, 4.69) is 0 Å². The van der Waals surface area contributed by atoms with Gasteiger partial charge in [0, 0.05) is 17.8 Å². The van der Waals surface area contributed by atoms with Gasteiger partial charge in [-0.05, 0) is 24.3 Å². The lowest BCUT2D eigenvalue weighted by molar-refractivity contribution is -0.137. The molecule has 0 bridgehead atoms. The molecule has 0 aliphatic carbocycles. The normalized spacial score (nSPS) is 12.0. The van der Waals surface area contributed by atoms with Gasteiger partial charge in [0.2, 0.25) is 0 Å². The Kier molecular flexibility index (Phi) is 5.63. The minimum atomic E-state index is -4.98. The van der Waals surface area contributed by atoms with Crippen LogP contribution in [0.25, 0.3) is 0 Å². The van der Waals surface area contributed by atoms with Crippen molar-refractivity contribution in [1.29, 1.82) is 5.26 Å². The maximum Gasteiger partial charge on any atom is 0.417 e. The number of anilines is 1. The van der Waals surface area contributed by atoms with Crippen LogP contribution < -0.4 is 4.90 Å². The average molecular weight is 394 g/mol. The van der Waals surface area contributed by atoms with Crippen molar-refractivity contribution in [2.75, 3.05) is 11.4 Å². The summed E-state index contributed by atoms with van der Waals surface area (Å²) >= 11 is 0. The van der Waals surface area contributed by atoms with Gasteiger partial charge in [0.15, 0.2) is 11.6 Å². The van der Waals surface area contributed by atoms with E-state index in [0.717, 1.165) is 30.3 Å². The number of halogens is 8. The molecule has 2 rings (SSSR count). The molecule has 144 valence electrons. The minimum absolute atomic E-state index is 0.376. The second-order valence-electron chi connectivity index (χ2n) is 5.52. The van der Waals surface area contributed by atoms with E-state index in [-0.39, 0.29) is 0 Å². The highest BCUT2D eigenvalue weighted by Crippen LogP contribution is 2.35. The lowest BCUT2D eigenvalue weighted by Crippen LogP contribution is -2.34. The molecule has 0 unspecified atom stereocenters. The van der Waals surface area contributed by atoms with Crippen molar-refractivity contribution >= 4 is 5.69 Å². The van der Waals surface area contributed by atoms with Crippen LogP contribution in [0.2, 0.25) is 0 Å². The minimum Gasteiger partial charge on any atom is -0.358 e. The number of hydrogen-bond acceptors (Lipinski definition) is 2. The number of rotatable bonds is 4. The highest BCUT2D eigenvalue weighted by Gasteiger charge is 2.36. The van der Waals surface area contributed by atoms with Crippen molar-refractivity contribution in [1.82, 2.24) is 0 Å². The Hall–Kier alpha value is -2.83. The number of nitriles is 1. The monoisotopic (exact) mass is 394 g/mol. The van der Waals surface area contributed by atoms with Crippen LogP contribution in [0.3, 0.4) is 0 Å². The van der Waals surface area contributed by atoms with E-state index < -0.39 is 59.5 Å². The van der Waals surface area contributed by atoms with Crippen LogP contribution in [-0.2, 0) is 12.7 Å². The van der Waals surface area contributed by atoms with Gasteiger partial charge in [-0.3, -0.25) is 0 Å². The molecule has 0 spiro atoms. The first-order chi connectivity index (χ1) is 12.4. The van der Waals surface area contributed by atoms with Crippen LogP contribution in [0.5, 0.6) is 0 Å². The maximum absolute atomic E-state index is 13.8. The molecule has 0 atom stereocenters. The summed E-state index contributed by atoms with van der Waals surface area (Å²) in [5.74, 6) is -2.69. The Morgan fingerprint density at radius 1 is 0.963 bits per heavy atom. The SMILES string of the molecule is N#Cc1ccc(N(Cc2cccc(F)c2F)CC(F)(F)F)cc1C(F)(F)F. The molecule has 0 aliphatic heterocycles. The number of alkyl halides is 6. The van der Waals surface area contributed by atoms with Crippen molar-refractivity contribution in [2.24, 2.45) is 0 Å². The molecule has 0 fully saturated rings. The Morgan fingerprint density at radius 2 is 1.63 bits per heavy atom. The molecule has 0 saturated heterocycles. The van der Waals surface area contributed by atoms with Gasteiger partial charge in [0.1, 0.15) is 6.54 Å². The molecule has 0 aliphatic rings. The van der Waals surface area contributed by atoms with Crippen molar-refractivity contribution < 1.29 is 35.1 Å². The van der Waals surface area contributed by atoms with E-state index >= 15 is 0 Å². The van der Waals surface area contributed by atoms with E-state index in [9.17, 15) is 35.1 Å². The topological polar surface area (TPSA) is 27.0 Å². The molecular weight excluding hydrogens is 384 g/mol. The van der Waals surface area contributed by atoms with Crippen molar-refractivity contribution in [3.05, 3.63) is 64.7 Å². The predicted octanol–water partition coefficient (Wildman–Crippen LogP) is 5.42. The Morgan fingerprint density at radius 3 is 2.19 bits per heavy atom. The van der Waals surface area contributed by atoms with Gasteiger partial charge in [-0.15, -0.1) is 0 Å². The summed E-state index contributed by atoms with van der Waals surface area (Å²) in [5, 5.41) is 8.76. The number of nitrogens with zero attached hydrogens (tertiary/aromatic N) is 2. The zero-order valence-electron chi connectivity index (χ0n) is 13.3.